The van der Waals surface area contributed by atoms with Gasteiger partial charge in [0.1, 0.15) is 0 Å². The standard InChI is InChI=1S/C19H18ClN3O/c1-14(16-5-3-2-4-6-16)22-19(24)17-9-7-15(8-10-17)12-23-13-18(20)11-21-23/h2-11,13-14H,12H2,1H3,(H,22,24). The van der Waals surface area contributed by atoms with Crippen LogP contribution in [0.3, 0.4) is 0 Å². The molecule has 0 aliphatic heterocycles. The third-order valence-electron chi connectivity index (χ3n) is 3.81. The molecule has 0 saturated carbocycles. The maximum absolute atomic E-state index is 12.4. The summed E-state index contributed by atoms with van der Waals surface area (Å²) in [6, 6.07) is 17.4. The summed E-state index contributed by atoms with van der Waals surface area (Å²) >= 11 is 5.86. The van der Waals surface area contributed by atoms with E-state index in [0.717, 1.165) is 11.1 Å². The highest BCUT2D eigenvalue weighted by Gasteiger charge is 2.11. The predicted octanol–water partition coefficient (Wildman–Crippen LogP) is 4.08. The Kier molecular flexibility index (Phi) is 4.96. The van der Waals surface area contributed by atoms with Crippen LogP contribution in [0.2, 0.25) is 5.02 Å². The molecule has 5 heteroatoms. The van der Waals surface area contributed by atoms with Crippen molar-refractivity contribution < 1.29 is 4.79 Å². The minimum atomic E-state index is -0.0833. The van der Waals surface area contributed by atoms with E-state index >= 15 is 0 Å². The first-order valence-electron chi connectivity index (χ1n) is 7.74. The van der Waals surface area contributed by atoms with E-state index in [1.54, 1.807) is 17.1 Å². The predicted molar refractivity (Wildman–Crippen MR) is 95.1 cm³/mol. The first-order chi connectivity index (χ1) is 11.6. The molecule has 1 N–H and O–H groups in total. The van der Waals surface area contributed by atoms with Crippen LogP contribution in [0.25, 0.3) is 0 Å². The lowest BCUT2D eigenvalue weighted by Gasteiger charge is -2.14. The zero-order valence-electron chi connectivity index (χ0n) is 13.3. The Hall–Kier alpha value is -2.59. The molecule has 3 aromatic rings. The van der Waals surface area contributed by atoms with E-state index in [0.29, 0.717) is 17.1 Å². The molecule has 2 aromatic carbocycles. The van der Waals surface area contributed by atoms with Gasteiger partial charge in [-0.2, -0.15) is 5.10 Å². The molecule has 0 saturated heterocycles. The number of nitrogens with one attached hydrogen (secondary N) is 1. The van der Waals surface area contributed by atoms with Gasteiger partial charge in [-0.1, -0.05) is 54.1 Å². The van der Waals surface area contributed by atoms with Crippen LogP contribution < -0.4 is 5.32 Å². The van der Waals surface area contributed by atoms with Crippen LogP contribution in [-0.4, -0.2) is 15.7 Å². The Morgan fingerprint density at radius 3 is 2.50 bits per heavy atom. The molecule has 24 heavy (non-hydrogen) atoms. The van der Waals surface area contributed by atoms with Crippen molar-refractivity contribution in [2.45, 2.75) is 19.5 Å². The summed E-state index contributed by atoms with van der Waals surface area (Å²) in [4.78, 5) is 12.4. The monoisotopic (exact) mass is 339 g/mol. The van der Waals surface area contributed by atoms with Gasteiger partial charge in [-0.3, -0.25) is 9.48 Å². The van der Waals surface area contributed by atoms with E-state index in [4.69, 9.17) is 11.6 Å². The fourth-order valence-corrected chi connectivity index (χ4v) is 2.63. The van der Waals surface area contributed by atoms with Gasteiger partial charge in [0, 0.05) is 11.8 Å². The summed E-state index contributed by atoms with van der Waals surface area (Å²) in [6.07, 6.45) is 3.37. The highest BCUT2D eigenvalue weighted by molar-refractivity contribution is 6.30. The highest BCUT2D eigenvalue weighted by atomic mass is 35.5. The smallest absolute Gasteiger partial charge is 0.251 e. The zero-order chi connectivity index (χ0) is 16.9. The van der Waals surface area contributed by atoms with E-state index in [-0.39, 0.29) is 11.9 Å². The van der Waals surface area contributed by atoms with Gasteiger partial charge in [0.05, 0.1) is 23.8 Å². The normalized spacial score (nSPS) is 11.9. The van der Waals surface area contributed by atoms with Gasteiger partial charge >= 0.3 is 0 Å². The minimum Gasteiger partial charge on any atom is -0.346 e. The molecule has 0 spiro atoms. The van der Waals surface area contributed by atoms with Crippen LogP contribution in [0.15, 0.2) is 67.0 Å². The van der Waals surface area contributed by atoms with Gasteiger partial charge in [0.2, 0.25) is 0 Å². The van der Waals surface area contributed by atoms with Crippen molar-refractivity contribution in [3.8, 4) is 0 Å². The second-order valence-electron chi connectivity index (χ2n) is 5.66. The summed E-state index contributed by atoms with van der Waals surface area (Å²) in [5.41, 5.74) is 2.78. The molecule has 0 aliphatic carbocycles. The van der Waals surface area contributed by atoms with Crippen LogP contribution in [0.5, 0.6) is 0 Å². The highest BCUT2D eigenvalue weighted by Crippen LogP contribution is 2.13. The lowest BCUT2D eigenvalue weighted by Crippen LogP contribution is -2.26. The average Bonchev–Trinajstić information content (AvgIpc) is 3.01. The van der Waals surface area contributed by atoms with Crippen LogP contribution in [0.4, 0.5) is 0 Å². The Morgan fingerprint density at radius 1 is 1.17 bits per heavy atom. The number of carbonyl (C=O) groups is 1. The fraction of sp³-hybridized carbons (Fsp3) is 0.158. The van der Waals surface area contributed by atoms with Crippen molar-refractivity contribution >= 4 is 17.5 Å². The summed E-state index contributed by atoms with van der Waals surface area (Å²) in [5.74, 6) is -0.0833. The number of aromatic nitrogens is 2. The summed E-state index contributed by atoms with van der Waals surface area (Å²) < 4.78 is 1.76. The van der Waals surface area contributed by atoms with Gasteiger partial charge in [0.25, 0.3) is 5.91 Å². The Labute approximate surface area is 146 Å². The van der Waals surface area contributed by atoms with Crippen molar-refractivity contribution in [3.63, 3.8) is 0 Å². The lowest BCUT2D eigenvalue weighted by molar-refractivity contribution is 0.0940. The van der Waals surface area contributed by atoms with E-state index < -0.39 is 0 Å². The molecule has 1 amide bonds. The van der Waals surface area contributed by atoms with Crippen molar-refractivity contribution in [2.75, 3.05) is 0 Å². The molecule has 0 aliphatic rings. The van der Waals surface area contributed by atoms with Crippen LogP contribution in [-0.2, 0) is 6.54 Å². The molecule has 0 bridgehead atoms. The van der Waals surface area contributed by atoms with Gasteiger partial charge in [-0.05, 0) is 30.2 Å². The van der Waals surface area contributed by atoms with E-state index in [1.165, 1.54) is 0 Å². The molecular weight excluding hydrogens is 322 g/mol. The third kappa shape index (κ3) is 4.03. The molecule has 4 nitrogen and oxygen atoms in total. The Balaban J connectivity index is 1.63. The van der Waals surface area contributed by atoms with Crippen LogP contribution in [0.1, 0.15) is 34.5 Å². The molecule has 3 rings (SSSR count). The fourth-order valence-electron chi connectivity index (χ4n) is 2.48. The number of rotatable bonds is 5. The first-order valence-corrected chi connectivity index (χ1v) is 8.12. The number of nitrogens with zero attached hydrogens (tertiary/aromatic N) is 2. The topological polar surface area (TPSA) is 46.9 Å². The first kappa shape index (κ1) is 16.3. The van der Waals surface area contributed by atoms with Gasteiger partial charge in [-0.25, -0.2) is 0 Å². The van der Waals surface area contributed by atoms with Crippen molar-refractivity contribution in [3.05, 3.63) is 88.7 Å². The number of halogens is 1. The number of hydrogen-bond donors (Lipinski definition) is 1. The number of hydrogen-bond acceptors (Lipinski definition) is 2. The van der Waals surface area contributed by atoms with Gasteiger partial charge < -0.3 is 5.32 Å². The quantitative estimate of drug-likeness (QED) is 0.761. The average molecular weight is 340 g/mol. The second-order valence-corrected chi connectivity index (χ2v) is 6.10. The third-order valence-corrected chi connectivity index (χ3v) is 4.00. The molecule has 0 fully saturated rings. The largest absolute Gasteiger partial charge is 0.346 e. The summed E-state index contributed by atoms with van der Waals surface area (Å²) in [6.45, 7) is 2.60. The number of carbonyl (C=O) groups excluding carboxylic acids is 1. The summed E-state index contributed by atoms with van der Waals surface area (Å²) in [5, 5.41) is 7.77. The maximum atomic E-state index is 12.4. The van der Waals surface area contributed by atoms with Crippen LogP contribution >= 0.6 is 11.6 Å². The van der Waals surface area contributed by atoms with E-state index in [1.807, 2.05) is 61.5 Å². The molecule has 1 aromatic heterocycles. The van der Waals surface area contributed by atoms with Crippen molar-refractivity contribution in [1.29, 1.82) is 0 Å². The summed E-state index contributed by atoms with van der Waals surface area (Å²) in [7, 11) is 0. The number of amides is 1. The minimum absolute atomic E-state index is 0.0374. The van der Waals surface area contributed by atoms with Gasteiger partial charge in [0.15, 0.2) is 0 Å². The molecule has 1 unspecified atom stereocenters. The Morgan fingerprint density at radius 2 is 1.88 bits per heavy atom. The zero-order valence-corrected chi connectivity index (χ0v) is 14.1. The molecule has 122 valence electrons. The maximum Gasteiger partial charge on any atom is 0.251 e. The number of benzene rings is 2. The molecule has 1 heterocycles. The molecule has 0 radical (unpaired) electrons. The van der Waals surface area contributed by atoms with Crippen molar-refractivity contribution in [2.24, 2.45) is 0 Å². The lowest BCUT2D eigenvalue weighted by atomic mass is 10.1. The Bertz CT molecular complexity index is 812. The van der Waals surface area contributed by atoms with Crippen LogP contribution in [0, 0.1) is 0 Å². The van der Waals surface area contributed by atoms with E-state index in [2.05, 4.69) is 10.4 Å². The molecular formula is C19H18ClN3O. The second kappa shape index (κ2) is 7.32. The molecule has 1 atom stereocenters. The van der Waals surface area contributed by atoms with E-state index in [9.17, 15) is 4.79 Å². The van der Waals surface area contributed by atoms with Gasteiger partial charge in [-0.15, -0.1) is 0 Å². The van der Waals surface area contributed by atoms with Crippen molar-refractivity contribution in [1.82, 2.24) is 15.1 Å². The SMILES string of the molecule is CC(NC(=O)c1ccc(Cn2cc(Cl)cn2)cc1)c1ccccc1.